The predicted molar refractivity (Wildman–Crippen MR) is 104 cm³/mol. The van der Waals surface area contributed by atoms with Gasteiger partial charge >= 0.3 is 5.97 Å². The van der Waals surface area contributed by atoms with Gasteiger partial charge in [-0.2, -0.15) is 0 Å². The van der Waals surface area contributed by atoms with E-state index in [1.54, 1.807) is 78.9 Å². The number of carbonyl (C=O) groups is 1. The molecule has 0 spiro atoms. The minimum absolute atomic E-state index is 0.119. The Balaban J connectivity index is 1.93. The lowest BCUT2D eigenvalue weighted by molar-refractivity contribution is 0.0731. The number of hydrogen-bond acceptors (Lipinski definition) is 4. The van der Waals surface area contributed by atoms with Crippen LogP contribution in [0, 0.1) is 0 Å². The van der Waals surface area contributed by atoms with Crippen molar-refractivity contribution < 1.29 is 13.9 Å². The number of fused-ring (bicyclic) bond motifs is 1. The standard InChI is InChI=1S/C22H13ClO4/c23-17-12-6-4-10-15(17)20-21(27-22(25)14-8-2-1-3-9-14)19(24)16-11-5-7-13-18(16)26-20/h1-13H. The Kier molecular flexibility index (Phi) is 4.48. The maximum Gasteiger partial charge on any atom is 0.343 e. The van der Waals surface area contributed by atoms with E-state index >= 15 is 0 Å². The molecule has 27 heavy (non-hydrogen) atoms. The van der Waals surface area contributed by atoms with E-state index in [1.807, 2.05) is 0 Å². The minimum Gasteiger partial charge on any atom is -0.452 e. The van der Waals surface area contributed by atoms with Gasteiger partial charge in [-0.05, 0) is 36.4 Å². The summed E-state index contributed by atoms with van der Waals surface area (Å²) in [4.78, 5) is 25.6. The van der Waals surface area contributed by atoms with Crippen LogP contribution in [0.4, 0.5) is 0 Å². The third-order valence-corrected chi connectivity index (χ3v) is 4.41. The highest BCUT2D eigenvalue weighted by Crippen LogP contribution is 2.35. The van der Waals surface area contributed by atoms with E-state index in [4.69, 9.17) is 20.8 Å². The smallest absolute Gasteiger partial charge is 0.343 e. The summed E-state index contributed by atoms with van der Waals surface area (Å²) in [6.07, 6.45) is 0. The zero-order valence-electron chi connectivity index (χ0n) is 14.0. The molecule has 0 aliphatic rings. The fourth-order valence-electron chi connectivity index (χ4n) is 2.77. The maximum atomic E-state index is 13.0. The van der Waals surface area contributed by atoms with Crippen LogP contribution in [-0.2, 0) is 0 Å². The van der Waals surface area contributed by atoms with Crippen molar-refractivity contribution in [2.24, 2.45) is 0 Å². The highest BCUT2D eigenvalue weighted by atomic mass is 35.5. The summed E-state index contributed by atoms with van der Waals surface area (Å²) in [5.74, 6) is -0.712. The molecule has 132 valence electrons. The Morgan fingerprint density at radius 1 is 0.852 bits per heavy atom. The number of halogens is 1. The molecule has 0 saturated carbocycles. The molecule has 0 N–H and O–H groups in total. The highest BCUT2D eigenvalue weighted by molar-refractivity contribution is 6.33. The summed E-state index contributed by atoms with van der Waals surface area (Å²) in [6.45, 7) is 0. The molecule has 4 nitrogen and oxygen atoms in total. The van der Waals surface area contributed by atoms with Crippen LogP contribution in [0.2, 0.25) is 5.02 Å². The molecule has 0 aliphatic heterocycles. The van der Waals surface area contributed by atoms with E-state index in [9.17, 15) is 9.59 Å². The van der Waals surface area contributed by atoms with Crippen molar-refractivity contribution >= 4 is 28.5 Å². The van der Waals surface area contributed by atoms with Gasteiger partial charge in [-0.25, -0.2) is 4.79 Å². The lowest BCUT2D eigenvalue weighted by Crippen LogP contribution is -2.16. The van der Waals surface area contributed by atoms with Gasteiger partial charge in [0.2, 0.25) is 11.2 Å². The molecule has 0 fully saturated rings. The summed E-state index contributed by atoms with van der Waals surface area (Å²) in [5.41, 5.74) is 0.751. The van der Waals surface area contributed by atoms with Crippen LogP contribution in [0.3, 0.4) is 0 Å². The van der Waals surface area contributed by atoms with Crippen molar-refractivity contribution in [1.82, 2.24) is 0 Å². The Morgan fingerprint density at radius 2 is 1.52 bits per heavy atom. The molecule has 0 unspecified atom stereocenters. The normalized spacial score (nSPS) is 10.7. The van der Waals surface area contributed by atoms with Crippen molar-refractivity contribution in [3.8, 4) is 17.1 Å². The maximum absolute atomic E-state index is 13.0. The molecule has 1 aromatic heterocycles. The van der Waals surface area contributed by atoms with Gasteiger partial charge in [-0.1, -0.05) is 54.1 Å². The van der Waals surface area contributed by atoms with Crippen LogP contribution in [-0.4, -0.2) is 5.97 Å². The lowest BCUT2D eigenvalue weighted by Gasteiger charge is -2.11. The zero-order valence-corrected chi connectivity index (χ0v) is 14.8. The quantitative estimate of drug-likeness (QED) is 0.453. The topological polar surface area (TPSA) is 56.5 Å². The van der Waals surface area contributed by atoms with E-state index in [0.717, 1.165) is 0 Å². The third-order valence-electron chi connectivity index (χ3n) is 4.08. The molecule has 4 aromatic rings. The van der Waals surface area contributed by atoms with Crippen LogP contribution < -0.4 is 10.2 Å². The lowest BCUT2D eigenvalue weighted by atomic mass is 10.1. The molecular formula is C22H13ClO4. The van der Waals surface area contributed by atoms with Gasteiger partial charge in [0.1, 0.15) is 5.58 Å². The van der Waals surface area contributed by atoms with Crippen LogP contribution in [0.15, 0.2) is 88.1 Å². The Labute approximate surface area is 159 Å². The van der Waals surface area contributed by atoms with Crippen molar-refractivity contribution in [3.05, 3.63) is 99.7 Å². The van der Waals surface area contributed by atoms with E-state index in [0.29, 0.717) is 27.1 Å². The second-order valence-electron chi connectivity index (χ2n) is 5.82. The monoisotopic (exact) mass is 376 g/mol. The molecule has 4 rings (SSSR count). The van der Waals surface area contributed by atoms with Crippen molar-refractivity contribution in [2.45, 2.75) is 0 Å². The molecule has 1 heterocycles. The molecule has 5 heteroatoms. The second-order valence-corrected chi connectivity index (χ2v) is 6.23. The number of ether oxygens (including phenoxy) is 1. The first kappa shape index (κ1) is 17.1. The molecule has 0 aliphatic carbocycles. The SMILES string of the molecule is O=C(Oc1c(-c2ccccc2Cl)oc2ccccc2c1=O)c1ccccc1. The van der Waals surface area contributed by atoms with E-state index in [2.05, 4.69) is 0 Å². The number of hydrogen-bond donors (Lipinski definition) is 0. The highest BCUT2D eigenvalue weighted by Gasteiger charge is 2.22. The predicted octanol–water partition coefficient (Wildman–Crippen LogP) is 5.33. The average Bonchev–Trinajstić information content (AvgIpc) is 2.71. The zero-order chi connectivity index (χ0) is 18.8. The Bertz CT molecular complexity index is 1200. The average molecular weight is 377 g/mol. The van der Waals surface area contributed by atoms with Crippen LogP contribution >= 0.6 is 11.6 Å². The van der Waals surface area contributed by atoms with Crippen molar-refractivity contribution in [2.75, 3.05) is 0 Å². The van der Waals surface area contributed by atoms with Crippen LogP contribution in [0.1, 0.15) is 10.4 Å². The second kappa shape index (κ2) is 7.09. The van der Waals surface area contributed by atoms with Crippen LogP contribution in [0.5, 0.6) is 5.75 Å². The van der Waals surface area contributed by atoms with E-state index < -0.39 is 11.4 Å². The number of carbonyl (C=O) groups excluding carboxylic acids is 1. The number of rotatable bonds is 3. The van der Waals surface area contributed by atoms with Gasteiger partial charge < -0.3 is 9.15 Å². The molecule has 3 aromatic carbocycles. The molecular weight excluding hydrogens is 364 g/mol. The number of benzene rings is 3. The minimum atomic E-state index is -0.647. The van der Waals surface area contributed by atoms with Gasteiger partial charge in [-0.15, -0.1) is 0 Å². The molecule has 0 bridgehead atoms. The van der Waals surface area contributed by atoms with Gasteiger partial charge in [0.25, 0.3) is 0 Å². The molecule has 0 atom stereocenters. The van der Waals surface area contributed by atoms with Crippen LogP contribution in [0.25, 0.3) is 22.3 Å². The molecule has 0 saturated heterocycles. The summed E-state index contributed by atoms with van der Waals surface area (Å²) in [5, 5.41) is 0.706. The fraction of sp³-hybridized carbons (Fsp3) is 0. The first-order valence-corrected chi connectivity index (χ1v) is 8.61. The summed E-state index contributed by atoms with van der Waals surface area (Å²) >= 11 is 6.29. The van der Waals surface area contributed by atoms with Gasteiger partial charge in [-0.3, -0.25) is 4.79 Å². The molecule has 0 amide bonds. The van der Waals surface area contributed by atoms with Gasteiger partial charge in [0.05, 0.1) is 16.0 Å². The first-order chi connectivity index (χ1) is 13.1. The largest absolute Gasteiger partial charge is 0.452 e. The van der Waals surface area contributed by atoms with E-state index in [-0.39, 0.29) is 11.5 Å². The Morgan fingerprint density at radius 3 is 2.30 bits per heavy atom. The third kappa shape index (κ3) is 3.23. The fourth-order valence-corrected chi connectivity index (χ4v) is 2.99. The number of esters is 1. The Hall–Kier alpha value is -3.37. The summed E-state index contributed by atoms with van der Waals surface area (Å²) in [6, 6.07) is 22.1. The summed E-state index contributed by atoms with van der Waals surface area (Å²) < 4.78 is 11.4. The van der Waals surface area contributed by atoms with Gasteiger partial charge in [0.15, 0.2) is 5.76 Å². The van der Waals surface area contributed by atoms with E-state index in [1.165, 1.54) is 0 Å². The van der Waals surface area contributed by atoms with Gasteiger partial charge in [0, 0.05) is 5.56 Å². The van der Waals surface area contributed by atoms with Crippen molar-refractivity contribution in [1.29, 1.82) is 0 Å². The molecule has 0 radical (unpaired) electrons. The number of para-hydroxylation sites is 1. The first-order valence-electron chi connectivity index (χ1n) is 8.23. The van der Waals surface area contributed by atoms with Crippen molar-refractivity contribution in [3.63, 3.8) is 0 Å². The summed E-state index contributed by atoms with van der Waals surface area (Å²) in [7, 11) is 0.